The zero-order valence-corrected chi connectivity index (χ0v) is 12.1. The van der Waals surface area contributed by atoms with Crippen molar-refractivity contribution in [1.82, 2.24) is 0 Å². The maximum atomic E-state index is 10.9. The summed E-state index contributed by atoms with van der Waals surface area (Å²) < 4.78 is 0. The highest BCUT2D eigenvalue weighted by molar-refractivity contribution is 5.88. The summed E-state index contributed by atoms with van der Waals surface area (Å²) in [5.41, 5.74) is 4.97. The number of rotatable bonds is 5. The van der Waals surface area contributed by atoms with Crippen molar-refractivity contribution in [2.24, 2.45) is 0 Å². The Kier molecular flexibility index (Phi) is 3.65. The van der Waals surface area contributed by atoms with Crippen molar-refractivity contribution < 1.29 is 9.90 Å². The van der Waals surface area contributed by atoms with E-state index < -0.39 is 5.97 Å². The fraction of sp³-hybridized carbons (Fsp3) is 0.278. The van der Waals surface area contributed by atoms with Crippen LogP contribution in [0.5, 0.6) is 0 Å². The van der Waals surface area contributed by atoms with E-state index in [0.29, 0.717) is 5.56 Å². The molecule has 0 heterocycles. The summed E-state index contributed by atoms with van der Waals surface area (Å²) in [5.74, 6) is -0.122. The van der Waals surface area contributed by atoms with Crippen LogP contribution in [0.25, 0.3) is 0 Å². The monoisotopic (exact) mass is 281 g/mol. The molecule has 2 aromatic carbocycles. The van der Waals surface area contributed by atoms with Gasteiger partial charge in [-0.2, -0.15) is 0 Å². The van der Waals surface area contributed by atoms with Crippen LogP contribution in [0.4, 0.5) is 5.69 Å². The van der Waals surface area contributed by atoms with Gasteiger partial charge in [-0.3, -0.25) is 0 Å². The van der Waals surface area contributed by atoms with Gasteiger partial charge < -0.3 is 10.4 Å². The zero-order valence-electron chi connectivity index (χ0n) is 12.1. The average Bonchev–Trinajstić information content (AvgIpc) is 3.31. The molecule has 21 heavy (non-hydrogen) atoms. The molecule has 108 valence electrons. The Balaban J connectivity index is 1.69. The van der Waals surface area contributed by atoms with Gasteiger partial charge in [-0.05, 0) is 60.6 Å². The third-order valence-electron chi connectivity index (χ3n) is 3.96. The van der Waals surface area contributed by atoms with E-state index >= 15 is 0 Å². The molecule has 2 N–H and O–H groups in total. The quantitative estimate of drug-likeness (QED) is 0.864. The van der Waals surface area contributed by atoms with Crippen molar-refractivity contribution in [3.05, 3.63) is 64.7 Å². The molecule has 0 atom stereocenters. The molecule has 0 amide bonds. The second-order valence-electron chi connectivity index (χ2n) is 5.71. The SMILES string of the molecule is Cc1cc(C(=O)O)ccc1NCc1cccc(C2CC2)c1. The Labute approximate surface area is 124 Å². The maximum Gasteiger partial charge on any atom is 0.335 e. The molecule has 3 heteroatoms. The lowest BCUT2D eigenvalue weighted by Crippen LogP contribution is -2.03. The number of nitrogens with one attached hydrogen (secondary N) is 1. The summed E-state index contributed by atoms with van der Waals surface area (Å²) in [6.07, 6.45) is 2.62. The lowest BCUT2D eigenvalue weighted by Gasteiger charge is -2.11. The highest BCUT2D eigenvalue weighted by Gasteiger charge is 2.23. The van der Waals surface area contributed by atoms with Gasteiger partial charge in [0.15, 0.2) is 0 Å². The molecule has 0 aromatic heterocycles. The predicted octanol–water partition coefficient (Wildman–Crippen LogP) is 4.18. The van der Waals surface area contributed by atoms with Crippen LogP contribution in [0.1, 0.15) is 45.8 Å². The third-order valence-corrected chi connectivity index (χ3v) is 3.96. The minimum Gasteiger partial charge on any atom is -0.478 e. The summed E-state index contributed by atoms with van der Waals surface area (Å²) in [6.45, 7) is 2.68. The smallest absolute Gasteiger partial charge is 0.335 e. The highest BCUT2D eigenvalue weighted by Crippen LogP contribution is 2.40. The number of carboxylic acids is 1. The van der Waals surface area contributed by atoms with Gasteiger partial charge in [0, 0.05) is 12.2 Å². The summed E-state index contributed by atoms with van der Waals surface area (Å²) in [4.78, 5) is 10.9. The molecule has 3 nitrogen and oxygen atoms in total. The Bertz CT molecular complexity index is 675. The van der Waals surface area contributed by atoms with E-state index in [0.717, 1.165) is 23.7 Å². The summed E-state index contributed by atoms with van der Waals surface area (Å²) in [6, 6.07) is 13.9. The minimum absolute atomic E-state index is 0.328. The molecule has 0 bridgehead atoms. The second kappa shape index (κ2) is 5.60. The van der Waals surface area contributed by atoms with Crippen LogP contribution < -0.4 is 5.32 Å². The van der Waals surface area contributed by atoms with E-state index in [1.165, 1.54) is 24.0 Å². The van der Waals surface area contributed by atoms with Crippen molar-refractivity contribution in [2.45, 2.75) is 32.2 Å². The van der Waals surface area contributed by atoms with E-state index in [2.05, 4.69) is 29.6 Å². The molecule has 0 aliphatic heterocycles. The Hall–Kier alpha value is -2.29. The molecule has 1 aliphatic carbocycles. The second-order valence-corrected chi connectivity index (χ2v) is 5.71. The maximum absolute atomic E-state index is 10.9. The summed E-state index contributed by atoms with van der Waals surface area (Å²) >= 11 is 0. The van der Waals surface area contributed by atoms with E-state index in [1.807, 2.05) is 13.0 Å². The fourth-order valence-electron chi connectivity index (χ4n) is 2.57. The Morgan fingerprint density at radius 2 is 2.05 bits per heavy atom. The first-order chi connectivity index (χ1) is 10.1. The molecule has 1 aliphatic rings. The number of aromatic carboxylic acids is 1. The van der Waals surface area contributed by atoms with Crippen LogP contribution in [0, 0.1) is 6.92 Å². The van der Waals surface area contributed by atoms with E-state index in [1.54, 1.807) is 12.1 Å². The fourth-order valence-corrected chi connectivity index (χ4v) is 2.57. The third kappa shape index (κ3) is 3.24. The van der Waals surface area contributed by atoms with Gasteiger partial charge in [0.25, 0.3) is 0 Å². The number of hydrogen-bond donors (Lipinski definition) is 2. The number of hydrogen-bond acceptors (Lipinski definition) is 2. The van der Waals surface area contributed by atoms with E-state index in [4.69, 9.17) is 5.11 Å². The van der Waals surface area contributed by atoms with Crippen molar-refractivity contribution >= 4 is 11.7 Å². The van der Waals surface area contributed by atoms with Gasteiger partial charge in [0.2, 0.25) is 0 Å². The lowest BCUT2D eigenvalue weighted by molar-refractivity contribution is 0.0697. The lowest BCUT2D eigenvalue weighted by atomic mass is 10.1. The topological polar surface area (TPSA) is 49.3 Å². The van der Waals surface area contributed by atoms with Gasteiger partial charge in [-0.25, -0.2) is 4.79 Å². The number of benzene rings is 2. The molecular formula is C18H19NO2. The molecule has 0 radical (unpaired) electrons. The largest absolute Gasteiger partial charge is 0.478 e. The first-order valence-electron chi connectivity index (χ1n) is 7.30. The van der Waals surface area contributed by atoms with Gasteiger partial charge in [-0.1, -0.05) is 24.3 Å². The first-order valence-corrected chi connectivity index (χ1v) is 7.30. The molecule has 1 fully saturated rings. The molecule has 0 spiro atoms. The molecule has 2 aromatic rings. The number of aryl methyl sites for hydroxylation is 1. The van der Waals surface area contributed by atoms with E-state index in [9.17, 15) is 4.79 Å². The van der Waals surface area contributed by atoms with Crippen LogP contribution in [0.2, 0.25) is 0 Å². The standard InChI is InChI=1S/C18H19NO2/c1-12-9-16(18(20)21)7-8-17(12)19-11-13-3-2-4-15(10-13)14-5-6-14/h2-4,7-10,14,19H,5-6,11H2,1H3,(H,20,21). The molecule has 1 saturated carbocycles. The van der Waals surface area contributed by atoms with Crippen molar-refractivity contribution in [3.63, 3.8) is 0 Å². The van der Waals surface area contributed by atoms with Gasteiger partial charge in [0.05, 0.1) is 5.56 Å². The van der Waals surface area contributed by atoms with Crippen LogP contribution in [0.15, 0.2) is 42.5 Å². The zero-order chi connectivity index (χ0) is 14.8. The summed E-state index contributed by atoms with van der Waals surface area (Å²) in [5, 5.41) is 12.4. The average molecular weight is 281 g/mol. The predicted molar refractivity (Wildman–Crippen MR) is 83.9 cm³/mol. The summed E-state index contributed by atoms with van der Waals surface area (Å²) in [7, 11) is 0. The van der Waals surface area contributed by atoms with Crippen LogP contribution >= 0.6 is 0 Å². The van der Waals surface area contributed by atoms with Gasteiger partial charge >= 0.3 is 5.97 Å². The van der Waals surface area contributed by atoms with Crippen LogP contribution in [-0.2, 0) is 6.54 Å². The highest BCUT2D eigenvalue weighted by atomic mass is 16.4. The van der Waals surface area contributed by atoms with Crippen molar-refractivity contribution in [2.75, 3.05) is 5.32 Å². The molecular weight excluding hydrogens is 262 g/mol. The molecule has 3 rings (SSSR count). The van der Waals surface area contributed by atoms with Gasteiger partial charge in [0.1, 0.15) is 0 Å². The van der Waals surface area contributed by atoms with Crippen molar-refractivity contribution in [1.29, 1.82) is 0 Å². The number of carboxylic acid groups (broad SMARTS) is 1. The van der Waals surface area contributed by atoms with Crippen LogP contribution in [0.3, 0.4) is 0 Å². The first kappa shape index (κ1) is 13.7. The molecule has 0 saturated heterocycles. The Morgan fingerprint density at radius 3 is 2.71 bits per heavy atom. The minimum atomic E-state index is -0.887. The number of anilines is 1. The normalized spacial score (nSPS) is 14.0. The molecule has 0 unspecified atom stereocenters. The van der Waals surface area contributed by atoms with Crippen molar-refractivity contribution in [3.8, 4) is 0 Å². The Morgan fingerprint density at radius 1 is 1.24 bits per heavy atom. The van der Waals surface area contributed by atoms with Crippen LogP contribution in [-0.4, -0.2) is 11.1 Å². The van der Waals surface area contributed by atoms with E-state index in [-0.39, 0.29) is 0 Å². The number of carbonyl (C=O) groups is 1. The van der Waals surface area contributed by atoms with Gasteiger partial charge in [-0.15, -0.1) is 0 Å².